The fourth-order valence-electron chi connectivity index (χ4n) is 1.95. The van der Waals surface area contributed by atoms with Gasteiger partial charge in [0.05, 0.1) is 0 Å². The topological polar surface area (TPSA) is 41.1 Å². The molecular weight excluding hydrogens is 212 g/mol. The number of amides is 1. The molecule has 0 radical (unpaired) electrons. The molecule has 92 valence electrons. The van der Waals surface area contributed by atoms with Gasteiger partial charge in [-0.15, -0.1) is 0 Å². The van der Waals surface area contributed by atoms with Crippen LogP contribution in [0.25, 0.3) is 0 Å². The van der Waals surface area contributed by atoms with E-state index in [0.717, 1.165) is 25.2 Å². The summed E-state index contributed by atoms with van der Waals surface area (Å²) in [5.41, 5.74) is 2.11. The van der Waals surface area contributed by atoms with Gasteiger partial charge < -0.3 is 10.6 Å². The minimum atomic E-state index is 0.165. The van der Waals surface area contributed by atoms with Gasteiger partial charge in [-0.2, -0.15) is 0 Å². The van der Waals surface area contributed by atoms with Gasteiger partial charge in [-0.3, -0.25) is 4.79 Å². The molecule has 1 aromatic rings. The van der Waals surface area contributed by atoms with E-state index in [0.29, 0.717) is 5.92 Å². The lowest BCUT2D eigenvalue weighted by Gasteiger charge is -2.07. The monoisotopic (exact) mass is 232 g/mol. The molecule has 1 fully saturated rings. The molecule has 0 unspecified atom stereocenters. The summed E-state index contributed by atoms with van der Waals surface area (Å²) in [6.45, 7) is 6.00. The van der Waals surface area contributed by atoms with Crippen LogP contribution in [0.2, 0.25) is 0 Å². The average Bonchev–Trinajstić information content (AvgIpc) is 3.04. The van der Waals surface area contributed by atoms with E-state index in [9.17, 15) is 4.79 Å². The minimum Gasteiger partial charge on any atom is -0.326 e. The second kappa shape index (κ2) is 5.32. The van der Waals surface area contributed by atoms with Crippen molar-refractivity contribution in [3.8, 4) is 0 Å². The highest BCUT2D eigenvalue weighted by Gasteiger charge is 2.38. The Kier molecular flexibility index (Phi) is 3.79. The summed E-state index contributed by atoms with van der Waals surface area (Å²) in [5.74, 6) is 0.950. The summed E-state index contributed by atoms with van der Waals surface area (Å²) in [4.78, 5) is 11.8. The molecule has 1 aromatic carbocycles. The first-order chi connectivity index (χ1) is 8.20. The van der Waals surface area contributed by atoms with Crippen molar-refractivity contribution in [3.63, 3.8) is 0 Å². The number of carbonyl (C=O) groups is 1. The predicted molar refractivity (Wildman–Crippen MR) is 69.7 cm³/mol. The molecule has 1 aliphatic rings. The number of carbonyl (C=O) groups excluding carboxylic acids is 1. The highest BCUT2D eigenvalue weighted by Crippen LogP contribution is 2.38. The summed E-state index contributed by atoms with van der Waals surface area (Å²) in [5, 5.41) is 6.26. The predicted octanol–water partition coefficient (Wildman–Crippen LogP) is 2.39. The molecule has 0 heterocycles. The average molecular weight is 232 g/mol. The fraction of sp³-hybridized carbons (Fsp3) is 0.500. The van der Waals surface area contributed by atoms with Gasteiger partial charge in [0, 0.05) is 18.2 Å². The van der Waals surface area contributed by atoms with E-state index < -0.39 is 0 Å². The number of rotatable bonds is 5. The summed E-state index contributed by atoms with van der Waals surface area (Å²) in [7, 11) is 0. The molecule has 3 heteroatoms. The molecule has 2 atom stereocenters. The largest absolute Gasteiger partial charge is 0.326 e. The SMILES string of the molecule is CCNCc1cccc(NC(=O)[C@@H]2C[C@@H]2C)c1. The Labute approximate surface area is 103 Å². The molecule has 0 aliphatic heterocycles. The van der Waals surface area contributed by atoms with E-state index in [4.69, 9.17) is 0 Å². The van der Waals surface area contributed by atoms with Crippen molar-refractivity contribution in [1.82, 2.24) is 5.32 Å². The van der Waals surface area contributed by atoms with Crippen LogP contribution in [0.1, 0.15) is 25.8 Å². The van der Waals surface area contributed by atoms with Crippen LogP contribution >= 0.6 is 0 Å². The highest BCUT2D eigenvalue weighted by atomic mass is 16.2. The van der Waals surface area contributed by atoms with E-state index in [2.05, 4.69) is 30.5 Å². The molecule has 2 N–H and O–H groups in total. The third-order valence-corrected chi connectivity index (χ3v) is 3.22. The lowest BCUT2D eigenvalue weighted by Crippen LogP contribution is -2.15. The van der Waals surface area contributed by atoms with E-state index in [1.165, 1.54) is 5.56 Å². The van der Waals surface area contributed by atoms with E-state index in [-0.39, 0.29) is 11.8 Å². The van der Waals surface area contributed by atoms with Crippen LogP contribution in [0.3, 0.4) is 0 Å². The zero-order chi connectivity index (χ0) is 12.3. The van der Waals surface area contributed by atoms with Crippen LogP contribution < -0.4 is 10.6 Å². The van der Waals surface area contributed by atoms with Gasteiger partial charge >= 0.3 is 0 Å². The maximum atomic E-state index is 11.8. The lowest BCUT2D eigenvalue weighted by atomic mass is 10.2. The highest BCUT2D eigenvalue weighted by molar-refractivity contribution is 5.94. The van der Waals surface area contributed by atoms with Gasteiger partial charge in [0.2, 0.25) is 5.91 Å². The van der Waals surface area contributed by atoms with Crippen LogP contribution in [0.15, 0.2) is 24.3 Å². The third-order valence-electron chi connectivity index (χ3n) is 3.22. The number of anilines is 1. The zero-order valence-corrected chi connectivity index (χ0v) is 10.5. The second-order valence-electron chi connectivity index (χ2n) is 4.79. The maximum absolute atomic E-state index is 11.8. The molecule has 0 bridgehead atoms. The first-order valence-electron chi connectivity index (χ1n) is 6.31. The lowest BCUT2D eigenvalue weighted by molar-refractivity contribution is -0.117. The standard InChI is InChI=1S/C14H20N2O/c1-3-15-9-11-5-4-6-12(8-11)16-14(17)13-7-10(13)2/h4-6,8,10,13,15H,3,7,9H2,1-2H3,(H,16,17)/t10-,13+/m0/s1. The summed E-state index contributed by atoms with van der Waals surface area (Å²) < 4.78 is 0. The van der Waals surface area contributed by atoms with Crippen LogP contribution in [0.4, 0.5) is 5.69 Å². The second-order valence-corrected chi connectivity index (χ2v) is 4.79. The third kappa shape index (κ3) is 3.30. The first kappa shape index (κ1) is 12.1. The van der Waals surface area contributed by atoms with Crippen molar-refractivity contribution >= 4 is 11.6 Å². The molecule has 3 nitrogen and oxygen atoms in total. The van der Waals surface area contributed by atoms with Crippen molar-refractivity contribution in [3.05, 3.63) is 29.8 Å². The van der Waals surface area contributed by atoms with Crippen molar-refractivity contribution in [1.29, 1.82) is 0 Å². The van der Waals surface area contributed by atoms with Crippen molar-refractivity contribution < 1.29 is 4.79 Å². The Morgan fingerprint density at radius 3 is 2.88 bits per heavy atom. The van der Waals surface area contributed by atoms with Crippen LogP contribution in [0, 0.1) is 11.8 Å². The van der Waals surface area contributed by atoms with Gasteiger partial charge in [0.1, 0.15) is 0 Å². The van der Waals surface area contributed by atoms with Crippen molar-refractivity contribution in [2.75, 3.05) is 11.9 Å². The molecule has 1 aliphatic carbocycles. The number of benzene rings is 1. The molecule has 17 heavy (non-hydrogen) atoms. The Bertz CT molecular complexity index is 403. The molecule has 2 rings (SSSR count). The van der Waals surface area contributed by atoms with Crippen molar-refractivity contribution in [2.24, 2.45) is 11.8 Å². The molecule has 0 saturated heterocycles. The molecule has 0 aromatic heterocycles. The van der Waals surface area contributed by atoms with Gasteiger partial charge in [0.15, 0.2) is 0 Å². The normalized spacial score (nSPS) is 22.2. The Hall–Kier alpha value is -1.35. The van der Waals surface area contributed by atoms with E-state index >= 15 is 0 Å². The molecule has 1 saturated carbocycles. The zero-order valence-electron chi connectivity index (χ0n) is 10.5. The molecule has 1 amide bonds. The quantitative estimate of drug-likeness (QED) is 0.818. The van der Waals surface area contributed by atoms with Gasteiger partial charge in [-0.05, 0) is 36.6 Å². The van der Waals surface area contributed by atoms with Gasteiger partial charge in [0.25, 0.3) is 0 Å². The Balaban J connectivity index is 1.93. The van der Waals surface area contributed by atoms with Gasteiger partial charge in [-0.25, -0.2) is 0 Å². The molecule has 0 spiro atoms. The Morgan fingerprint density at radius 2 is 2.24 bits per heavy atom. The first-order valence-corrected chi connectivity index (χ1v) is 6.31. The minimum absolute atomic E-state index is 0.165. The van der Waals surface area contributed by atoms with Crippen LogP contribution in [0.5, 0.6) is 0 Å². The number of hydrogen-bond acceptors (Lipinski definition) is 2. The van der Waals surface area contributed by atoms with Crippen LogP contribution in [-0.4, -0.2) is 12.5 Å². The Morgan fingerprint density at radius 1 is 1.47 bits per heavy atom. The summed E-state index contributed by atoms with van der Waals surface area (Å²) in [6, 6.07) is 8.03. The van der Waals surface area contributed by atoms with Crippen LogP contribution in [-0.2, 0) is 11.3 Å². The van der Waals surface area contributed by atoms with E-state index in [1.807, 2.05) is 18.2 Å². The maximum Gasteiger partial charge on any atom is 0.227 e. The number of nitrogens with one attached hydrogen (secondary N) is 2. The fourth-order valence-corrected chi connectivity index (χ4v) is 1.95. The smallest absolute Gasteiger partial charge is 0.227 e. The van der Waals surface area contributed by atoms with Gasteiger partial charge in [-0.1, -0.05) is 26.0 Å². The van der Waals surface area contributed by atoms with E-state index in [1.54, 1.807) is 0 Å². The summed E-state index contributed by atoms with van der Waals surface area (Å²) in [6.07, 6.45) is 1.03. The number of hydrogen-bond donors (Lipinski definition) is 2. The molecular formula is C14H20N2O. The van der Waals surface area contributed by atoms with Crippen molar-refractivity contribution in [2.45, 2.75) is 26.8 Å². The summed E-state index contributed by atoms with van der Waals surface area (Å²) >= 11 is 0.